The highest BCUT2D eigenvalue weighted by molar-refractivity contribution is 5.89. The fraction of sp³-hybridized carbons (Fsp3) is 0.400. The normalized spacial score (nSPS) is 11.7. The molecule has 0 unspecified atom stereocenters. The van der Waals surface area contributed by atoms with Gasteiger partial charge in [0.05, 0.1) is 19.1 Å². The summed E-state index contributed by atoms with van der Waals surface area (Å²) in [6.07, 6.45) is 1.46. The first kappa shape index (κ1) is 27.3. The Morgan fingerprint density at radius 3 is 2.26 bits per heavy atom. The second kappa shape index (κ2) is 13.1. The van der Waals surface area contributed by atoms with Gasteiger partial charge in [-0.15, -0.1) is 0 Å². The second-order valence-corrected chi connectivity index (χ2v) is 8.94. The molecule has 0 aliphatic rings. The molecular weight excluding hydrogens is 450 g/mol. The van der Waals surface area contributed by atoms with E-state index in [0.29, 0.717) is 6.42 Å². The molecule has 4 amide bonds. The molecule has 0 aliphatic carbocycles. The van der Waals surface area contributed by atoms with Crippen molar-refractivity contribution in [2.24, 2.45) is 0 Å². The number of hydrogen-bond donors (Lipinski definition) is 3. The zero-order valence-electron chi connectivity index (χ0n) is 20.5. The van der Waals surface area contributed by atoms with Crippen LogP contribution < -0.4 is 16.0 Å². The van der Waals surface area contributed by atoms with E-state index >= 15 is 0 Å². The number of rotatable bonds is 10. The maximum Gasteiger partial charge on any atom is 0.408 e. The van der Waals surface area contributed by atoms with E-state index in [4.69, 9.17) is 4.74 Å². The summed E-state index contributed by atoms with van der Waals surface area (Å²) in [5, 5.41) is 7.69. The number of carbonyl (C=O) groups is 4. The first-order chi connectivity index (χ1) is 16.5. The number of hydrogen-bond acceptors (Lipinski definition) is 6. The summed E-state index contributed by atoms with van der Waals surface area (Å²) in [4.78, 5) is 54.1. The first-order valence-corrected chi connectivity index (χ1v) is 11.2. The number of amides is 4. The van der Waals surface area contributed by atoms with E-state index in [9.17, 15) is 19.2 Å². The van der Waals surface area contributed by atoms with Gasteiger partial charge in [0.2, 0.25) is 17.7 Å². The molecular formula is C25H33N5O5. The maximum atomic E-state index is 12.7. The molecule has 0 saturated heterocycles. The number of aromatic nitrogens is 1. The Morgan fingerprint density at radius 1 is 0.943 bits per heavy atom. The molecule has 10 nitrogen and oxygen atoms in total. The highest BCUT2D eigenvalue weighted by Crippen LogP contribution is 2.17. The Bertz CT molecular complexity index is 992. The average molecular weight is 484 g/mol. The van der Waals surface area contributed by atoms with Crippen LogP contribution in [0.5, 0.6) is 0 Å². The third-order valence-corrected chi connectivity index (χ3v) is 4.71. The minimum atomic E-state index is -0.730. The lowest BCUT2D eigenvalue weighted by Gasteiger charge is -2.22. The summed E-state index contributed by atoms with van der Waals surface area (Å²) < 4.78 is 5.04. The van der Waals surface area contributed by atoms with E-state index in [1.54, 1.807) is 27.0 Å². The summed E-state index contributed by atoms with van der Waals surface area (Å²) in [5.74, 6) is -1.35. The lowest BCUT2D eigenvalue weighted by atomic mass is 10.0. The van der Waals surface area contributed by atoms with E-state index in [1.165, 1.54) is 11.9 Å². The molecule has 1 heterocycles. The first-order valence-electron chi connectivity index (χ1n) is 11.2. The van der Waals surface area contributed by atoms with Crippen LogP contribution in [0, 0.1) is 0 Å². The van der Waals surface area contributed by atoms with Crippen molar-refractivity contribution in [1.29, 1.82) is 0 Å². The van der Waals surface area contributed by atoms with Crippen LogP contribution in [0.15, 0.2) is 54.7 Å². The molecule has 0 bridgehead atoms. The van der Waals surface area contributed by atoms with Crippen LogP contribution >= 0.6 is 0 Å². The average Bonchev–Trinajstić information content (AvgIpc) is 2.80. The summed E-state index contributed by atoms with van der Waals surface area (Å²) >= 11 is 0. The number of benzene rings is 1. The number of alkyl carbamates (subject to hydrolysis) is 1. The maximum absolute atomic E-state index is 12.7. The summed E-state index contributed by atoms with van der Waals surface area (Å²) in [6.45, 7) is 4.29. The predicted molar refractivity (Wildman–Crippen MR) is 130 cm³/mol. The van der Waals surface area contributed by atoms with Crippen LogP contribution in [0.4, 0.5) is 4.79 Å². The fourth-order valence-electron chi connectivity index (χ4n) is 3.05. The van der Waals surface area contributed by atoms with E-state index in [0.717, 1.165) is 11.3 Å². The number of pyridine rings is 1. The molecule has 1 aromatic carbocycles. The molecule has 0 spiro atoms. The van der Waals surface area contributed by atoms with Gasteiger partial charge in [0, 0.05) is 25.4 Å². The third-order valence-electron chi connectivity index (χ3n) is 4.71. The minimum Gasteiger partial charge on any atom is -0.444 e. The van der Waals surface area contributed by atoms with Crippen molar-refractivity contribution < 1.29 is 23.9 Å². The molecule has 1 atom stereocenters. The Hall–Kier alpha value is -3.95. The van der Waals surface area contributed by atoms with Gasteiger partial charge in [-0.3, -0.25) is 19.4 Å². The topological polar surface area (TPSA) is 130 Å². The standard InChI is InChI=1S/C25H33N5O5/c1-25(2,3)35-24(34)28-15-21(31)27-16-23(33)30(4)17-22(32)29-20(18-10-6-5-7-11-18)14-19-12-8-9-13-26-19/h5-13,20H,14-17H2,1-4H3,(H,27,31)(H,28,34)(H,29,32)/t20-/m0/s1. The van der Waals surface area contributed by atoms with Crippen molar-refractivity contribution in [3.05, 3.63) is 66.0 Å². The number of nitrogens with zero attached hydrogens (tertiary/aromatic N) is 2. The number of carbonyl (C=O) groups excluding carboxylic acids is 4. The van der Waals surface area contributed by atoms with Gasteiger partial charge < -0.3 is 25.6 Å². The quantitative estimate of drug-likeness (QED) is 0.471. The van der Waals surface area contributed by atoms with Gasteiger partial charge in [-0.25, -0.2) is 4.79 Å². The van der Waals surface area contributed by atoms with Gasteiger partial charge in [0.1, 0.15) is 12.1 Å². The van der Waals surface area contributed by atoms with Crippen LogP contribution in [0.1, 0.15) is 38.1 Å². The van der Waals surface area contributed by atoms with E-state index < -0.39 is 23.5 Å². The molecule has 0 saturated carbocycles. The fourth-order valence-corrected chi connectivity index (χ4v) is 3.05. The number of nitrogens with one attached hydrogen (secondary N) is 3. The molecule has 0 aliphatic heterocycles. The lowest BCUT2D eigenvalue weighted by molar-refractivity contribution is -0.135. The third kappa shape index (κ3) is 10.7. The van der Waals surface area contributed by atoms with Crippen molar-refractivity contribution in [3.63, 3.8) is 0 Å². The largest absolute Gasteiger partial charge is 0.444 e. The SMILES string of the molecule is CN(CC(=O)N[C@@H](Cc1ccccn1)c1ccccc1)C(=O)CNC(=O)CNC(=O)OC(C)(C)C. The van der Waals surface area contributed by atoms with Crippen molar-refractivity contribution in [1.82, 2.24) is 25.8 Å². The van der Waals surface area contributed by atoms with E-state index in [1.807, 2.05) is 48.5 Å². The Balaban J connectivity index is 1.83. The van der Waals surface area contributed by atoms with Crippen LogP contribution in [0.2, 0.25) is 0 Å². The molecule has 188 valence electrons. The van der Waals surface area contributed by atoms with Crippen LogP contribution in [0.3, 0.4) is 0 Å². The van der Waals surface area contributed by atoms with Crippen molar-refractivity contribution in [2.75, 3.05) is 26.7 Å². The lowest BCUT2D eigenvalue weighted by Crippen LogP contribution is -2.46. The van der Waals surface area contributed by atoms with Crippen LogP contribution in [-0.2, 0) is 25.5 Å². The molecule has 2 rings (SSSR count). The zero-order chi connectivity index (χ0) is 25.8. The molecule has 0 radical (unpaired) electrons. The van der Waals surface area contributed by atoms with Gasteiger partial charge in [0.15, 0.2) is 0 Å². The zero-order valence-corrected chi connectivity index (χ0v) is 20.5. The molecule has 10 heteroatoms. The Morgan fingerprint density at radius 2 is 1.63 bits per heavy atom. The highest BCUT2D eigenvalue weighted by Gasteiger charge is 2.20. The summed E-state index contributed by atoms with van der Waals surface area (Å²) in [7, 11) is 1.48. The van der Waals surface area contributed by atoms with Crippen LogP contribution in [0.25, 0.3) is 0 Å². The van der Waals surface area contributed by atoms with Gasteiger partial charge in [-0.2, -0.15) is 0 Å². The molecule has 0 fully saturated rings. The Kier molecular flexibility index (Phi) is 10.2. The monoisotopic (exact) mass is 483 g/mol. The number of likely N-dealkylation sites (N-methyl/N-ethyl adjacent to an activating group) is 1. The van der Waals surface area contributed by atoms with E-state index in [2.05, 4.69) is 20.9 Å². The van der Waals surface area contributed by atoms with Gasteiger partial charge >= 0.3 is 6.09 Å². The van der Waals surface area contributed by atoms with E-state index in [-0.39, 0.29) is 31.6 Å². The second-order valence-electron chi connectivity index (χ2n) is 8.94. The predicted octanol–water partition coefficient (Wildman–Crippen LogP) is 1.58. The van der Waals surface area contributed by atoms with Crippen LogP contribution in [-0.4, -0.2) is 66.0 Å². The van der Waals surface area contributed by atoms with Crippen molar-refractivity contribution in [2.45, 2.75) is 38.8 Å². The van der Waals surface area contributed by atoms with Crippen molar-refractivity contribution in [3.8, 4) is 0 Å². The molecule has 1 aromatic heterocycles. The van der Waals surface area contributed by atoms with Crippen molar-refractivity contribution >= 4 is 23.8 Å². The number of ether oxygens (including phenoxy) is 1. The Labute approximate surface area is 205 Å². The smallest absolute Gasteiger partial charge is 0.408 e. The highest BCUT2D eigenvalue weighted by atomic mass is 16.6. The summed E-state index contributed by atoms with van der Waals surface area (Å²) in [6, 6.07) is 14.8. The molecule has 3 N–H and O–H groups in total. The minimum absolute atomic E-state index is 0.184. The van der Waals surface area contributed by atoms with Gasteiger partial charge in [-0.05, 0) is 38.5 Å². The molecule has 2 aromatic rings. The molecule has 35 heavy (non-hydrogen) atoms. The van der Waals surface area contributed by atoms with Gasteiger partial charge in [-0.1, -0.05) is 36.4 Å². The van der Waals surface area contributed by atoms with Gasteiger partial charge in [0.25, 0.3) is 0 Å². The summed E-state index contributed by atoms with van der Waals surface area (Å²) in [5.41, 5.74) is 1.07.